The number of nitrogens with zero attached hydrogens (tertiary/aromatic N) is 6. The highest BCUT2D eigenvalue weighted by Crippen LogP contribution is 2.23. The number of aryl methyl sites for hydroxylation is 2. The number of rotatable bonds is 6. The average Bonchev–Trinajstić information content (AvgIpc) is 3.46. The molecular weight excluding hydrogens is 456 g/mol. The van der Waals surface area contributed by atoms with Crippen molar-refractivity contribution in [3.8, 4) is 11.1 Å². The van der Waals surface area contributed by atoms with Crippen LogP contribution in [-0.2, 0) is 4.79 Å². The molecule has 2 N–H and O–H groups in total. The van der Waals surface area contributed by atoms with Crippen molar-refractivity contribution in [2.45, 2.75) is 39.7 Å². The van der Waals surface area contributed by atoms with Crippen LogP contribution in [0.25, 0.3) is 16.6 Å². The fourth-order valence-corrected chi connectivity index (χ4v) is 4.47. The molecule has 1 saturated heterocycles. The minimum Gasteiger partial charge on any atom is -0.324 e. The third-order valence-electron chi connectivity index (χ3n) is 6.51. The van der Waals surface area contributed by atoms with Crippen LogP contribution in [0.2, 0.25) is 0 Å². The summed E-state index contributed by atoms with van der Waals surface area (Å²) in [5.41, 5.74) is 5.29. The van der Waals surface area contributed by atoms with E-state index in [0.29, 0.717) is 35.2 Å². The van der Waals surface area contributed by atoms with E-state index in [0.717, 1.165) is 36.2 Å². The largest absolute Gasteiger partial charge is 0.324 e. The summed E-state index contributed by atoms with van der Waals surface area (Å²) in [4.78, 5) is 36.3. The number of anilines is 2. The van der Waals surface area contributed by atoms with Crippen LogP contribution in [0.4, 0.5) is 11.4 Å². The predicted octanol–water partition coefficient (Wildman–Crippen LogP) is 3.48. The normalized spacial score (nSPS) is 15.8. The molecule has 10 heteroatoms. The number of likely N-dealkylation sites (tertiary alicyclic amines) is 1. The molecule has 2 amide bonds. The number of hydrogen-bond donors (Lipinski definition) is 2. The lowest BCUT2D eigenvalue weighted by Crippen LogP contribution is -2.35. The Balaban J connectivity index is 1.31. The van der Waals surface area contributed by atoms with Gasteiger partial charge in [0.05, 0.1) is 35.3 Å². The second kappa shape index (κ2) is 9.82. The van der Waals surface area contributed by atoms with Gasteiger partial charge in [0, 0.05) is 29.7 Å². The van der Waals surface area contributed by atoms with Crippen molar-refractivity contribution >= 4 is 28.7 Å². The molecule has 36 heavy (non-hydrogen) atoms. The number of carbonyl (C=O) groups excluding carboxylic acids is 2. The van der Waals surface area contributed by atoms with Crippen LogP contribution in [0.15, 0.2) is 48.9 Å². The summed E-state index contributed by atoms with van der Waals surface area (Å²) in [6.45, 7) is 7.13. The number of fused-ring (bicyclic) bond motifs is 1. The Labute approximate surface area is 208 Å². The van der Waals surface area contributed by atoms with Gasteiger partial charge in [0.1, 0.15) is 0 Å². The van der Waals surface area contributed by atoms with Gasteiger partial charge in [0.25, 0.3) is 5.91 Å². The number of pyridine rings is 3. The summed E-state index contributed by atoms with van der Waals surface area (Å²) < 4.78 is 1.58. The number of carbonyl (C=O) groups is 2. The van der Waals surface area contributed by atoms with Crippen molar-refractivity contribution < 1.29 is 9.59 Å². The van der Waals surface area contributed by atoms with Crippen molar-refractivity contribution in [3.63, 3.8) is 0 Å². The smallest absolute Gasteiger partial charge is 0.278 e. The van der Waals surface area contributed by atoms with E-state index < -0.39 is 5.91 Å². The molecule has 184 valence electrons. The average molecular weight is 485 g/mol. The summed E-state index contributed by atoms with van der Waals surface area (Å²) >= 11 is 0. The molecule has 1 atom stereocenters. The van der Waals surface area contributed by atoms with E-state index in [1.54, 1.807) is 29.9 Å². The molecule has 0 spiro atoms. The van der Waals surface area contributed by atoms with Crippen LogP contribution in [0.1, 0.15) is 41.6 Å². The van der Waals surface area contributed by atoms with E-state index in [2.05, 4.69) is 42.7 Å². The van der Waals surface area contributed by atoms with Gasteiger partial charge in [-0.25, -0.2) is 4.52 Å². The second-order valence-corrected chi connectivity index (χ2v) is 9.19. The molecule has 0 saturated carbocycles. The van der Waals surface area contributed by atoms with Gasteiger partial charge >= 0.3 is 0 Å². The molecule has 10 nitrogen and oxygen atoms in total. The molecule has 4 aromatic heterocycles. The highest BCUT2D eigenvalue weighted by atomic mass is 16.2. The molecule has 0 bridgehead atoms. The SMILES string of the molecule is Cc1cc(-c2ccc3c(C(=O)Nc4cc(NC(=O)CN5CCC[C@@H]5C)cnc4C)nnn3c2)ccn1. The summed E-state index contributed by atoms with van der Waals surface area (Å²) in [5, 5.41) is 14.0. The zero-order valence-electron chi connectivity index (χ0n) is 20.5. The fourth-order valence-electron chi connectivity index (χ4n) is 4.47. The van der Waals surface area contributed by atoms with Crippen LogP contribution in [0.5, 0.6) is 0 Å². The van der Waals surface area contributed by atoms with Gasteiger partial charge in [-0.15, -0.1) is 5.10 Å². The molecule has 0 aromatic carbocycles. The first-order chi connectivity index (χ1) is 17.4. The topological polar surface area (TPSA) is 117 Å². The molecule has 0 aliphatic carbocycles. The molecular formula is C26H28N8O2. The standard InChI is InChI=1S/C26H28N8O2/c1-16-11-19(8-9-27-16)20-6-7-23-25(31-32-34(23)14-20)26(36)30-22-12-21(13-28-18(22)3)29-24(35)15-33-10-4-5-17(33)2/h6-9,11-14,17H,4-5,10,15H2,1-3H3,(H,29,35)(H,30,36)/t17-/m0/s1. The van der Waals surface area contributed by atoms with Crippen molar-refractivity contribution in [1.29, 1.82) is 0 Å². The quantitative estimate of drug-likeness (QED) is 0.430. The number of amides is 2. The maximum absolute atomic E-state index is 13.1. The van der Waals surface area contributed by atoms with E-state index in [1.807, 2.05) is 37.4 Å². The first kappa shape index (κ1) is 23.6. The summed E-state index contributed by atoms with van der Waals surface area (Å²) in [6, 6.07) is 9.77. The molecule has 1 aliphatic heterocycles. The molecule has 0 unspecified atom stereocenters. The van der Waals surface area contributed by atoms with E-state index in [1.165, 1.54) is 0 Å². The first-order valence-electron chi connectivity index (χ1n) is 12.0. The van der Waals surface area contributed by atoms with E-state index in [9.17, 15) is 9.59 Å². The molecule has 0 radical (unpaired) electrons. The van der Waals surface area contributed by atoms with Gasteiger partial charge in [-0.1, -0.05) is 11.3 Å². The maximum atomic E-state index is 13.1. The van der Waals surface area contributed by atoms with Crippen molar-refractivity contribution in [2.24, 2.45) is 0 Å². The molecule has 1 aliphatic rings. The second-order valence-electron chi connectivity index (χ2n) is 9.19. The monoisotopic (exact) mass is 484 g/mol. The lowest BCUT2D eigenvalue weighted by atomic mass is 10.1. The van der Waals surface area contributed by atoms with E-state index >= 15 is 0 Å². The highest BCUT2D eigenvalue weighted by Gasteiger charge is 2.22. The predicted molar refractivity (Wildman–Crippen MR) is 137 cm³/mol. The van der Waals surface area contributed by atoms with Gasteiger partial charge in [-0.05, 0) is 70.0 Å². The molecule has 5 rings (SSSR count). The number of nitrogens with one attached hydrogen (secondary N) is 2. The van der Waals surface area contributed by atoms with E-state index in [-0.39, 0.29) is 11.6 Å². The molecule has 1 fully saturated rings. The van der Waals surface area contributed by atoms with Gasteiger partial charge in [0.2, 0.25) is 5.91 Å². The van der Waals surface area contributed by atoms with Crippen molar-refractivity contribution in [2.75, 3.05) is 23.7 Å². The summed E-state index contributed by atoms with van der Waals surface area (Å²) in [7, 11) is 0. The number of aromatic nitrogens is 5. The summed E-state index contributed by atoms with van der Waals surface area (Å²) in [5.74, 6) is -0.507. The third kappa shape index (κ3) is 4.94. The van der Waals surface area contributed by atoms with E-state index in [4.69, 9.17) is 0 Å². The van der Waals surface area contributed by atoms with Crippen LogP contribution in [0.3, 0.4) is 0 Å². The Bertz CT molecular complexity index is 1450. The molecule has 5 heterocycles. The zero-order valence-corrected chi connectivity index (χ0v) is 20.5. The van der Waals surface area contributed by atoms with Crippen LogP contribution in [-0.4, -0.2) is 60.6 Å². The minimum atomic E-state index is -0.406. The lowest BCUT2D eigenvalue weighted by Gasteiger charge is -2.20. The van der Waals surface area contributed by atoms with Crippen molar-refractivity contribution in [1.82, 2.24) is 29.7 Å². The fraction of sp³-hybridized carbons (Fsp3) is 0.308. The zero-order chi connectivity index (χ0) is 25.2. The Morgan fingerprint density at radius 3 is 2.72 bits per heavy atom. The Morgan fingerprint density at radius 1 is 1.08 bits per heavy atom. The van der Waals surface area contributed by atoms with Gasteiger partial charge in [-0.3, -0.25) is 24.5 Å². The highest BCUT2D eigenvalue weighted by molar-refractivity contribution is 6.08. The van der Waals surface area contributed by atoms with Gasteiger partial charge < -0.3 is 10.6 Å². The first-order valence-corrected chi connectivity index (χ1v) is 12.0. The van der Waals surface area contributed by atoms with Crippen LogP contribution < -0.4 is 10.6 Å². The Hall–Kier alpha value is -4.18. The lowest BCUT2D eigenvalue weighted by molar-refractivity contribution is -0.117. The van der Waals surface area contributed by atoms with Crippen molar-refractivity contribution in [3.05, 3.63) is 66.0 Å². The Kier molecular flexibility index (Phi) is 6.43. The van der Waals surface area contributed by atoms with Crippen LogP contribution in [0, 0.1) is 13.8 Å². The summed E-state index contributed by atoms with van der Waals surface area (Å²) in [6.07, 6.45) is 7.40. The van der Waals surface area contributed by atoms with Gasteiger partial charge in [-0.2, -0.15) is 0 Å². The van der Waals surface area contributed by atoms with Gasteiger partial charge in [0.15, 0.2) is 5.69 Å². The molecule has 4 aromatic rings. The maximum Gasteiger partial charge on any atom is 0.278 e. The minimum absolute atomic E-state index is 0.101. The Morgan fingerprint density at radius 2 is 1.94 bits per heavy atom. The number of hydrogen-bond acceptors (Lipinski definition) is 7. The van der Waals surface area contributed by atoms with Crippen LogP contribution >= 0.6 is 0 Å². The third-order valence-corrected chi connectivity index (χ3v) is 6.51.